The Morgan fingerprint density at radius 1 is 1.44 bits per heavy atom. The molecule has 7 nitrogen and oxygen atoms in total. The first kappa shape index (κ1) is 19.8. The molecule has 0 bridgehead atoms. The Morgan fingerprint density at radius 2 is 2.24 bits per heavy atom. The second-order valence-electron chi connectivity index (χ2n) is 6.18. The number of fused-ring (bicyclic) bond motifs is 1. The average molecular weight is 458 g/mol. The molecule has 1 fully saturated rings. The molecule has 0 aliphatic carbocycles. The molecule has 2 aromatic rings. The lowest BCUT2D eigenvalue weighted by molar-refractivity contribution is 0.273. The monoisotopic (exact) mass is 458 g/mol. The first-order valence-corrected chi connectivity index (χ1v) is 8.64. The number of rotatable bonds is 6. The number of aromatic amines is 1. The summed E-state index contributed by atoms with van der Waals surface area (Å²) in [5.74, 6) is 0.450. The highest BCUT2D eigenvalue weighted by Gasteiger charge is 2.22. The van der Waals surface area contributed by atoms with Gasteiger partial charge in [-0.15, -0.1) is 24.0 Å². The second kappa shape index (κ2) is 9.23. The third kappa shape index (κ3) is 4.75. The summed E-state index contributed by atoms with van der Waals surface area (Å²) in [5.41, 5.74) is 7.61. The lowest BCUT2D eigenvalue weighted by atomic mass is 10.2. The van der Waals surface area contributed by atoms with Crippen LogP contribution in [-0.4, -0.2) is 52.6 Å². The van der Waals surface area contributed by atoms with Crippen molar-refractivity contribution in [3.05, 3.63) is 34.7 Å². The number of nitrogens with two attached hydrogens (primary N) is 1. The summed E-state index contributed by atoms with van der Waals surface area (Å²) < 4.78 is 1.71. The number of imidazole rings is 1. The van der Waals surface area contributed by atoms with Gasteiger partial charge in [0, 0.05) is 19.1 Å². The van der Waals surface area contributed by atoms with Crippen LogP contribution < -0.4 is 16.7 Å². The van der Waals surface area contributed by atoms with Gasteiger partial charge in [0.05, 0.1) is 17.6 Å². The highest BCUT2D eigenvalue weighted by molar-refractivity contribution is 14.0. The molecule has 1 aliphatic heterocycles. The van der Waals surface area contributed by atoms with Crippen molar-refractivity contribution in [2.24, 2.45) is 10.7 Å². The lowest BCUT2D eigenvalue weighted by Crippen LogP contribution is -2.37. The van der Waals surface area contributed by atoms with Crippen molar-refractivity contribution in [2.45, 2.75) is 32.4 Å². The molecule has 4 N–H and O–H groups in total. The number of guanidine groups is 1. The van der Waals surface area contributed by atoms with Gasteiger partial charge < -0.3 is 16.0 Å². The van der Waals surface area contributed by atoms with Crippen LogP contribution in [0.2, 0.25) is 0 Å². The van der Waals surface area contributed by atoms with Crippen molar-refractivity contribution in [3.8, 4) is 0 Å². The predicted molar refractivity (Wildman–Crippen MR) is 113 cm³/mol. The molecular formula is C17H27IN6O. The van der Waals surface area contributed by atoms with Gasteiger partial charge in [0.15, 0.2) is 5.96 Å². The van der Waals surface area contributed by atoms with E-state index in [-0.39, 0.29) is 29.7 Å². The number of nitrogens with one attached hydrogen (secondary N) is 2. The highest BCUT2D eigenvalue weighted by Crippen LogP contribution is 2.16. The molecule has 1 unspecified atom stereocenters. The maximum atomic E-state index is 12.0. The second-order valence-corrected chi connectivity index (χ2v) is 6.18. The zero-order valence-corrected chi connectivity index (χ0v) is 16.9. The summed E-state index contributed by atoms with van der Waals surface area (Å²) >= 11 is 0. The minimum Gasteiger partial charge on any atom is -0.370 e. The zero-order valence-electron chi connectivity index (χ0n) is 14.6. The molecule has 0 spiro atoms. The minimum absolute atomic E-state index is 0. The van der Waals surface area contributed by atoms with Crippen LogP contribution in [0.5, 0.6) is 0 Å². The van der Waals surface area contributed by atoms with E-state index < -0.39 is 0 Å². The van der Waals surface area contributed by atoms with E-state index in [1.165, 1.54) is 12.8 Å². The molecule has 0 saturated carbocycles. The van der Waals surface area contributed by atoms with Crippen molar-refractivity contribution < 1.29 is 0 Å². The summed E-state index contributed by atoms with van der Waals surface area (Å²) in [5, 5.41) is 3.11. The summed E-state index contributed by atoms with van der Waals surface area (Å²) in [6, 6.07) is 8.18. The summed E-state index contributed by atoms with van der Waals surface area (Å²) in [6.45, 7) is 6.26. The normalized spacial score (nSPS) is 18.4. The van der Waals surface area contributed by atoms with Crippen LogP contribution in [0, 0.1) is 0 Å². The van der Waals surface area contributed by atoms with Crippen LogP contribution in [0.4, 0.5) is 0 Å². The molecule has 0 amide bonds. The molecule has 1 atom stereocenters. The number of nitrogens with zero attached hydrogens (tertiary/aromatic N) is 3. The first-order chi connectivity index (χ1) is 11.7. The Bertz CT molecular complexity index is 768. The van der Waals surface area contributed by atoms with Gasteiger partial charge in [0.2, 0.25) is 0 Å². The quantitative estimate of drug-likeness (QED) is 0.346. The molecule has 1 aromatic heterocycles. The largest absolute Gasteiger partial charge is 0.370 e. The third-order valence-electron chi connectivity index (χ3n) is 4.70. The number of para-hydroxylation sites is 2. The number of hydrogen-bond acceptors (Lipinski definition) is 3. The van der Waals surface area contributed by atoms with E-state index in [0.29, 0.717) is 25.1 Å². The summed E-state index contributed by atoms with van der Waals surface area (Å²) in [7, 11) is 0. The lowest BCUT2D eigenvalue weighted by Gasteiger charge is -2.20. The van der Waals surface area contributed by atoms with Gasteiger partial charge in [-0.1, -0.05) is 19.1 Å². The summed E-state index contributed by atoms with van der Waals surface area (Å²) in [6.07, 6.45) is 2.43. The van der Waals surface area contributed by atoms with E-state index in [9.17, 15) is 4.79 Å². The van der Waals surface area contributed by atoms with E-state index in [1.54, 1.807) is 4.57 Å². The Balaban J connectivity index is 0.00000225. The molecule has 8 heteroatoms. The Morgan fingerprint density at radius 3 is 3.04 bits per heavy atom. The van der Waals surface area contributed by atoms with Gasteiger partial charge in [-0.05, 0) is 38.1 Å². The Labute approximate surface area is 164 Å². The smallest absolute Gasteiger partial charge is 0.326 e. The van der Waals surface area contributed by atoms with Gasteiger partial charge in [0.1, 0.15) is 0 Å². The van der Waals surface area contributed by atoms with Crippen molar-refractivity contribution in [3.63, 3.8) is 0 Å². The molecule has 1 saturated heterocycles. The fourth-order valence-electron chi connectivity index (χ4n) is 3.40. The minimum atomic E-state index is -0.0990. The molecule has 2 heterocycles. The SMILES string of the molecule is CCN1CCCC1CN=C(N)NCCn1c(=O)[nH]c2ccccc21.I. The number of benzene rings is 1. The van der Waals surface area contributed by atoms with E-state index in [0.717, 1.165) is 30.7 Å². The maximum absolute atomic E-state index is 12.0. The van der Waals surface area contributed by atoms with E-state index >= 15 is 0 Å². The maximum Gasteiger partial charge on any atom is 0.326 e. The summed E-state index contributed by atoms with van der Waals surface area (Å²) in [4.78, 5) is 21.7. The van der Waals surface area contributed by atoms with Gasteiger partial charge in [-0.2, -0.15) is 0 Å². The van der Waals surface area contributed by atoms with Crippen LogP contribution in [-0.2, 0) is 6.54 Å². The average Bonchev–Trinajstić information content (AvgIpc) is 3.17. The van der Waals surface area contributed by atoms with Crippen molar-refractivity contribution in [2.75, 3.05) is 26.2 Å². The predicted octanol–water partition coefficient (Wildman–Crippen LogP) is 1.34. The first-order valence-electron chi connectivity index (χ1n) is 8.64. The number of hydrogen-bond donors (Lipinski definition) is 3. The van der Waals surface area contributed by atoms with Crippen LogP contribution in [0.3, 0.4) is 0 Å². The van der Waals surface area contributed by atoms with Crippen LogP contribution in [0.1, 0.15) is 19.8 Å². The van der Waals surface area contributed by atoms with Crippen molar-refractivity contribution in [1.29, 1.82) is 0 Å². The standard InChI is InChI=1S/C17H26N6O.HI/c1-2-22-10-5-6-13(22)12-20-16(18)19-9-11-23-15-8-4-3-7-14(15)21-17(23)24;/h3-4,7-8,13H,2,5-6,9-12H2,1H3,(H,21,24)(H3,18,19,20);1H. The third-order valence-corrected chi connectivity index (χ3v) is 4.70. The number of H-pyrrole nitrogens is 1. The van der Waals surface area contributed by atoms with E-state index in [4.69, 9.17) is 5.73 Å². The number of aliphatic imine (C=N–C) groups is 1. The number of aromatic nitrogens is 2. The van der Waals surface area contributed by atoms with E-state index in [1.807, 2.05) is 24.3 Å². The number of halogens is 1. The molecule has 138 valence electrons. The van der Waals surface area contributed by atoms with Crippen LogP contribution in [0.15, 0.2) is 34.1 Å². The molecule has 1 aliphatic rings. The van der Waals surface area contributed by atoms with Gasteiger partial charge in [0.25, 0.3) is 0 Å². The zero-order chi connectivity index (χ0) is 16.9. The Hall–Kier alpha value is -1.55. The molecule has 1 aromatic carbocycles. The van der Waals surface area contributed by atoms with Crippen molar-refractivity contribution >= 4 is 41.0 Å². The fraction of sp³-hybridized carbons (Fsp3) is 0.529. The Kier molecular flexibility index (Phi) is 7.30. The highest BCUT2D eigenvalue weighted by atomic mass is 127. The molecule has 25 heavy (non-hydrogen) atoms. The fourth-order valence-corrected chi connectivity index (χ4v) is 3.40. The van der Waals surface area contributed by atoms with Gasteiger partial charge >= 0.3 is 5.69 Å². The van der Waals surface area contributed by atoms with Crippen molar-refractivity contribution in [1.82, 2.24) is 19.8 Å². The molecular weight excluding hydrogens is 431 g/mol. The molecule has 0 radical (unpaired) electrons. The van der Waals surface area contributed by atoms with Crippen LogP contribution >= 0.6 is 24.0 Å². The van der Waals surface area contributed by atoms with Gasteiger partial charge in [-0.25, -0.2) is 4.79 Å². The van der Waals surface area contributed by atoms with Gasteiger partial charge in [-0.3, -0.25) is 14.5 Å². The van der Waals surface area contributed by atoms with Crippen LogP contribution in [0.25, 0.3) is 11.0 Å². The number of likely N-dealkylation sites (N-methyl/N-ethyl adjacent to an activating group) is 1. The number of likely N-dealkylation sites (tertiary alicyclic amines) is 1. The molecule has 3 rings (SSSR count). The topological polar surface area (TPSA) is 91.4 Å². The van der Waals surface area contributed by atoms with E-state index in [2.05, 4.69) is 27.1 Å².